The number of nitrogens with one attached hydrogen (secondary N) is 2. The maximum absolute atomic E-state index is 11.3. The molecule has 18 heavy (non-hydrogen) atoms. The van der Waals surface area contributed by atoms with Crippen LogP contribution in [0.15, 0.2) is 12.1 Å². The van der Waals surface area contributed by atoms with E-state index in [9.17, 15) is 4.79 Å². The molecule has 0 radical (unpaired) electrons. The fraction of sp³-hybridized carbons (Fsp3) is 0.583. The first-order valence-corrected chi connectivity index (χ1v) is 6.00. The Bertz CT molecular complexity index is 377. The van der Waals surface area contributed by atoms with Crippen LogP contribution in [0.3, 0.4) is 0 Å². The summed E-state index contributed by atoms with van der Waals surface area (Å²) in [6, 6.07) is 3.74. The molecule has 1 rings (SSSR count). The Hall–Kier alpha value is -1.69. The molecule has 1 aromatic rings. The Morgan fingerprint density at radius 2 is 2.11 bits per heavy atom. The van der Waals surface area contributed by atoms with E-state index in [2.05, 4.69) is 32.7 Å². The molecule has 0 fully saturated rings. The van der Waals surface area contributed by atoms with Gasteiger partial charge in [-0.15, -0.1) is 10.2 Å². The van der Waals surface area contributed by atoms with Gasteiger partial charge < -0.3 is 15.5 Å². The summed E-state index contributed by atoms with van der Waals surface area (Å²) in [4.78, 5) is 13.4. The quantitative estimate of drug-likeness (QED) is 0.774. The zero-order chi connectivity index (χ0) is 13.5. The van der Waals surface area contributed by atoms with Crippen molar-refractivity contribution in [3.63, 3.8) is 0 Å². The number of hydrogen-bond donors (Lipinski definition) is 2. The molecule has 1 atom stereocenters. The molecule has 0 aliphatic heterocycles. The molecule has 0 aliphatic rings. The Kier molecular flexibility index (Phi) is 5.51. The summed E-state index contributed by atoms with van der Waals surface area (Å²) in [6.45, 7) is 3.11. The molecule has 2 N–H and O–H groups in total. The highest BCUT2D eigenvalue weighted by Gasteiger charge is 2.07. The van der Waals surface area contributed by atoms with Gasteiger partial charge in [0.1, 0.15) is 5.82 Å². The number of nitrogens with zero attached hydrogens (tertiary/aromatic N) is 3. The van der Waals surface area contributed by atoms with Crippen molar-refractivity contribution < 1.29 is 4.79 Å². The van der Waals surface area contributed by atoms with Crippen LogP contribution in [-0.2, 0) is 0 Å². The summed E-state index contributed by atoms with van der Waals surface area (Å²) < 4.78 is 0. The number of aromatic nitrogens is 2. The number of hydrogen-bond acceptors (Lipinski definition) is 5. The van der Waals surface area contributed by atoms with Crippen LogP contribution < -0.4 is 10.6 Å². The van der Waals surface area contributed by atoms with Crippen LogP contribution in [-0.4, -0.2) is 54.7 Å². The Labute approximate surface area is 108 Å². The largest absolute Gasteiger partial charge is 0.366 e. The highest BCUT2D eigenvalue weighted by molar-refractivity contribution is 5.91. The third-order valence-corrected chi connectivity index (χ3v) is 2.53. The van der Waals surface area contributed by atoms with Gasteiger partial charge in [0.15, 0.2) is 5.69 Å². The summed E-state index contributed by atoms with van der Waals surface area (Å²) in [5, 5.41) is 13.6. The van der Waals surface area contributed by atoms with Crippen LogP contribution in [0.25, 0.3) is 0 Å². The molecule has 0 saturated heterocycles. The Balaban J connectivity index is 2.50. The molecule has 1 aromatic heterocycles. The number of carbonyl (C=O) groups excluding carboxylic acids is 1. The van der Waals surface area contributed by atoms with Gasteiger partial charge in [-0.25, -0.2) is 0 Å². The Morgan fingerprint density at radius 1 is 1.39 bits per heavy atom. The van der Waals surface area contributed by atoms with Crippen molar-refractivity contribution in [1.29, 1.82) is 0 Å². The molecule has 1 amide bonds. The highest BCUT2D eigenvalue weighted by atomic mass is 16.1. The maximum Gasteiger partial charge on any atom is 0.271 e. The highest BCUT2D eigenvalue weighted by Crippen LogP contribution is 2.06. The van der Waals surface area contributed by atoms with Crippen molar-refractivity contribution in [2.45, 2.75) is 19.4 Å². The normalized spacial score (nSPS) is 12.3. The van der Waals surface area contributed by atoms with E-state index in [1.165, 1.54) is 0 Å². The van der Waals surface area contributed by atoms with E-state index in [1.54, 1.807) is 19.2 Å². The predicted molar refractivity (Wildman–Crippen MR) is 71.7 cm³/mol. The first-order valence-electron chi connectivity index (χ1n) is 6.00. The SMILES string of the molecule is CNC(=O)c1ccc(NC(C)CCN(C)C)nn1. The second-order valence-electron chi connectivity index (χ2n) is 4.52. The minimum atomic E-state index is -0.227. The second-order valence-corrected chi connectivity index (χ2v) is 4.52. The van der Waals surface area contributed by atoms with Crippen molar-refractivity contribution >= 4 is 11.7 Å². The molecule has 0 aromatic carbocycles. The molecular formula is C12H21N5O. The van der Waals surface area contributed by atoms with Gasteiger partial charge in [-0.2, -0.15) is 0 Å². The molecule has 0 saturated carbocycles. The molecule has 100 valence electrons. The lowest BCUT2D eigenvalue weighted by atomic mass is 10.2. The van der Waals surface area contributed by atoms with E-state index in [0.29, 0.717) is 17.6 Å². The Morgan fingerprint density at radius 3 is 2.61 bits per heavy atom. The van der Waals surface area contributed by atoms with Crippen LogP contribution in [0.1, 0.15) is 23.8 Å². The van der Waals surface area contributed by atoms with E-state index < -0.39 is 0 Å². The predicted octanol–water partition coefficient (Wildman–Crippen LogP) is 0.588. The third-order valence-electron chi connectivity index (χ3n) is 2.53. The first-order chi connectivity index (χ1) is 8.52. The van der Waals surface area contributed by atoms with Crippen LogP contribution in [0.5, 0.6) is 0 Å². The topological polar surface area (TPSA) is 70.2 Å². The fourth-order valence-electron chi connectivity index (χ4n) is 1.43. The monoisotopic (exact) mass is 251 g/mol. The molecule has 1 unspecified atom stereocenters. The number of anilines is 1. The third kappa shape index (κ3) is 4.67. The zero-order valence-corrected chi connectivity index (χ0v) is 11.4. The minimum Gasteiger partial charge on any atom is -0.366 e. The average Bonchev–Trinajstić information content (AvgIpc) is 2.36. The standard InChI is InChI=1S/C12H21N5O/c1-9(7-8-17(3)4)14-11-6-5-10(15-16-11)12(18)13-2/h5-6,9H,7-8H2,1-4H3,(H,13,18)(H,14,16). The molecule has 6 nitrogen and oxygen atoms in total. The van der Waals surface area contributed by atoms with Gasteiger partial charge in [0.05, 0.1) is 0 Å². The second kappa shape index (κ2) is 6.90. The smallest absolute Gasteiger partial charge is 0.271 e. The number of carbonyl (C=O) groups is 1. The molecule has 6 heteroatoms. The summed E-state index contributed by atoms with van der Waals surface area (Å²) in [5.74, 6) is 0.462. The zero-order valence-electron chi connectivity index (χ0n) is 11.4. The van der Waals surface area contributed by atoms with Crippen molar-refractivity contribution in [3.8, 4) is 0 Å². The van der Waals surface area contributed by atoms with Gasteiger partial charge in [0.2, 0.25) is 0 Å². The van der Waals surface area contributed by atoms with E-state index in [4.69, 9.17) is 0 Å². The lowest BCUT2D eigenvalue weighted by molar-refractivity contribution is 0.0957. The summed E-state index contributed by atoms with van der Waals surface area (Å²) >= 11 is 0. The van der Waals surface area contributed by atoms with Crippen molar-refractivity contribution in [3.05, 3.63) is 17.8 Å². The van der Waals surface area contributed by atoms with Gasteiger partial charge in [-0.3, -0.25) is 4.79 Å². The van der Waals surface area contributed by atoms with Crippen LogP contribution in [0.4, 0.5) is 5.82 Å². The van der Waals surface area contributed by atoms with E-state index in [-0.39, 0.29) is 5.91 Å². The number of amides is 1. The van der Waals surface area contributed by atoms with Gasteiger partial charge in [-0.1, -0.05) is 0 Å². The summed E-state index contributed by atoms with van der Waals surface area (Å²) in [6.07, 6.45) is 1.02. The maximum atomic E-state index is 11.3. The van der Waals surface area contributed by atoms with Gasteiger partial charge in [0, 0.05) is 13.1 Å². The first kappa shape index (κ1) is 14.4. The molecule has 1 heterocycles. The van der Waals surface area contributed by atoms with Gasteiger partial charge >= 0.3 is 0 Å². The molecule has 0 spiro atoms. The average molecular weight is 251 g/mol. The van der Waals surface area contributed by atoms with Crippen molar-refractivity contribution in [2.75, 3.05) is 33.0 Å². The van der Waals surface area contributed by atoms with E-state index >= 15 is 0 Å². The lowest BCUT2D eigenvalue weighted by Crippen LogP contribution is -2.24. The van der Waals surface area contributed by atoms with Gasteiger partial charge in [0.25, 0.3) is 5.91 Å². The minimum absolute atomic E-state index is 0.227. The van der Waals surface area contributed by atoms with Crippen molar-refractivity contribution in [1.82, 2.24) is 20.4 Å². The molecular weight excluding hydrogens is 230 g/mol. The lowest BCUT2D eigenvalue weighted by Gasteiger charge is -2.16. The van der Waals surface area contributed by atoms with Crippen molar-refractivity contribution in [2.24, 2.45) is 0 Å². The van der Waals surface area contributed by atoms with Crippen LogP contribution in [0, 0.1) is 0 Å². The number of rotatable bonds is 6. The molecule has 0 aliphatic carbocycles. The summed E-state index contributed by atoms with van der Waals surface area (Å²) in [7, 11) is 5.66. The van der Waals surface area contributed by atoms with Crippen LogP contribution >= 0.6 is 0 Å². The van der Waals surface area contributed by atoms with Gasteiger partial charge in [-0.05, 0) is 46.1 Å². The van der Waals surface area contributed by atoms with Crippen LogP contribution in [0.2, 0.25) is 0 Å². The molecule has 0 bridgehead atoms. The van der Waals surface area contributed by atoms with E-state index in [0.717, 1.165) is 13.0 Å². The van der Waals surface area contributed by atoms with E-state index in [1.807, 2.05) is 14.1 Å². The summed E-state index contributed by atoms with van der Waals surface area (Å²) in [5.41, 5.74) is 0.323. The fourth-order valence-corrected chi connectivity index (χ4v) is 1.43.